The van der Waals surface area contributed by atoms with Crippen molar-refractivity contribution in [2.75, 3.05) is 7.11 Å². The highest BCUT2D eigenvalue weighted by Gasteiger charge is 2.06. The maximum Gasteiger partial charge on any atom is 0.331 e. The van der Waals surface area contributed by atoms with Gasteiger partial charge in [0.15, 0.2) is 5.58 Å². The minimum Gasteiger partial charge on any atom is -0.496 e. The zero-order valence-corrected chi connectivity index (χ0v) is 12.6. The summed E-state index contributed by atoms with van der Waals surface area (Å²) in [5.74, 6) is 0.571. The van der Waals surface area contributed by atoms with Gasteiger partial charge in [-0.1, -0.05) is 30.3 Å². The highest BCUT2D eigenvalue weighted by molar-refractivity contribution is 5.87. The number of hydrogen-bond acceptors (Lipinski definition) is 5. The lowest BCUT2D eigenvalue weighted by Crippen LogP contribution is -2.02. The summed E-state index contributed by atoms with van der Waals surface area (Å²) in [6.45, 7) is 0.140. The molecule has 0 radical (unpaired) electrons. The number of aromatic nitrogens is 1. The van der Waals surface area contributed by atoms with E-state index in [1.807, 2.05) is 48.5 Å². The molecule has 3 aromatic rings. The minimum atomic E-state index is -0.474. The highest BCUT2D eigenvalue weighted by atomic mass is 16.5. The van der Waals surface area contributed by atoms with E-state index in [9.17, 15) is 4.79 Å². The lowest BCUT2D eigenvalue weighted by molar-refractivity contribution is -0.138. The number of oxazole rings is 1. The number of nitrogens with zero attached hydrogens (tertiary/aromatic N) is 1. The van der Waals surface area contributed by atoms with Crippen LogP contribution in [0.15, 0.2) is 59.0 Å². The molecular formula is C18H15NO4. The minimum absolute atomic E-state index is 0.140. The topological polar surface area (TPSA) is 61.6 Å². The Bertz CT molecular complexity index is 818. The molecule has 5 nitrogen and oxygen atoms in total. The van der Waals surface area contributed by atoms with E-state index in [0.717, 1.165) is 11.1 Å². The molecule has 0 aliphatic rings. The van der Waals surface area contributed by atoms with Gasteiger partial charge in [0, 0.05) is 17.7 Å². The van der Waals surface area contributed by atoms with Crippen molar-refractivity contribution < 1.29 is 18.7 Å². The van der Waals surface area contributed by atoms with Gasteiger partial charge in [0.2, 0.25) is 5.89 Å². The fourth-order valence-electron chi connectivity index (χ4n) is 2.12. The van der Waals surface area contributed by atoms with Crippen molar-refractivity contribution >= 4 is 23.1 Å². The Kier molecular flexibility index (Phi) is 4.38. The first-order chi connectivity index (χ1) is 11.3. The molecule has 5 heteroatoms. The molecule has 1 heterocycles. The molecular weight excluding hydrogens is 294 g/mol. The van der Waals surface area contributed by atoms with E-state index in [-0.39, 0.29) is 6.61 Å². The Labute approximate surface area is 133 Å². The third-order valence-electron chi connectivity index (χ3n) is 3.23. The molecule has 0 fully saturated rings. The van der Waals surface area contributed by atoms with Gasteiger partial charge in [-0.15, -0.1) is 0 Å². The number of carbonyl (C=O) groups excluding carboxylic acids is 1. The molecule has 0 N–H and O–H groups in total. The number of rotatable bonds is 5. The fourth-order valence-corrected chi connectivity index (χ4v) is 2.12. The number of carbonyl (C=O) groups is 1. The molecule has 23 heavy (non-hydrogen) atoms. The van der Waals surface area contributed by atoms with E-state index in [2.05, 4.69) is 4.98 Å². The van der Waals surface area contributed by atoms with Crippen LogP contribution in [0.2, 0.25) is 0 Å². The standard InChI is InChI=1S/C18H15NO4/c1-21-15-8-4-2-6-13(15)12-22-18(20)11-10-17-19-14-7-3-5-9-16(14)23-17/h2-11H,12H2,1H3/b11-10+. The van der Waals surface area contributed by atoms with Crippen LogP contribution in [-0.4, -0.2) is 18.1 Å². The van der Waals surface area contributed by atoms with Crippen molar-refractivity contribution in [1.82, 2.24) is 4.98 Å². The van der Waals surface area contributed by atoms with Crippen molar-refractivity contribution in [3.63, 3.8) is 0 Å². The van der Waals surface area contributed by atoms with Crippen molar-refractivity contribution in [3.05, 3.63) is 66.1 Å². The maximum atomic E-state index is 11.8. The molecule has 0 aliphatic carbocycles. The number of methoxy groups -OCH3 is 1. The van der Waals surface area contributed by atoms with Crippen LogP contribution < -0.4 is 4.74 Å². The summed E-state index contributed by atoms with van der Waals surface area (Å²) in [5, 5.41) is 0. The zero-order chi connectivity index (χ0) is 16.1. The predicted molar refractivity (Wildman–Crippen MR) is 85.8 cm³/mol. The Hall–Kier alpha value is -3.08. The number of hydrogen-bond donors (Lipinski definition) is 0. The van der Waals surface area contributed by atoms with Gasteiger partial charge in [-0.25, -0.2) is 9.78 Å². The molecule has 0 unspecified atom stereocenters. The molecule has 1 aromatic heterocycles. The highest BCUT2D eigenvalue weighted by Crippen LogP contribution is 2.18. The molecule has 0 amide bonds. The molecule has 2 aromatic carbocycles. The molecule has 0 atom stereocenters. The molecule has 0 saturated carbocycles. The van der Waals surface area contributed by atoms with Crippen LogP contribution in [0.4, 0.5) is 0 Å². The van der Waals surface area contributed by atoms with Crippen molar-refractivity contribution in [3.8, 4) is 5.75 Å². The first-order valence-electron chi connectivity index (χ1n) is 7.08. The molecule has 0 spiro atoms. The largest absolute Gasteiger partial charge is 0.496 e. The van der Waals surface area contributed by atoms with E-state index < -0.39 is 5.97 Å². The second kappa shape index (κ2) is 6.79. The summed E-state index contributed by atoms with van der Waals surface area (Å²) in [6.07, 6.45) is 2.78. The van der Waals surface area contributed by atoms with Crippen molar-refractivity contribution in [2.24, 2.45) is 0 Å². The lowest BCUT2D eigenvalue weighted by Gasteiger charge is -2.07. The van der Waals surface area contributed by atoms with Crippen LogP contribution >= 0.6 is 0 Å². The van der Waals surface area contributed by atoms with Gasteiger partial charge >= 0.3 is 5.97 Å². The van der Waals surface area contributed by atoms with Gasteiger partial charge < -0.3 is 13.9 Å². The Balaban J connectivity index is 1.62. The summed E-state index contributed by atoms with van der Waals surface area (Å²) in [4.78, 5) is 16.0. The molecule has 0 aliphatic heterocycles. The smallest absolute Gasteiger partial charge is 0.331 e. The molecule has 3 rings (SSSR count). The van der Waals surface area contributed by atoms with E-state index in [1.54, 1.807) is 7.11 Å². The van der Waals surface area contributed by atoms with E-state index in [1.165, 1.54) is 12.2 Å². The predicted octanol–water partition coefficient (Wildman–Crippen LogP) is 3.59. The quantitative estimate of drug-likeness (QED) is 0.532. The average Bonchev–Trinajstić information content (AvgIpc) is 3.01. The zero-order valence-electron chi connectivity index (χ0n) is 12.6. The fraction of sp³-hybridized carbons (Fsp3) is 0.111. The van der Waals surface area contributed by atoms with Gasteiger partial charge in [-0.05, 0) is 18.2 Å². The molecule has 0 bridgehead atoms. The lowest BCUT2D eigenvalue weighted by atomic mass is 10.2. The van der Waals surface area contributed by atoms with Crippen LogP contribution in [-0.2, 0) is 16.1 Å². The van der Waals surface area contributed by atoms with E-state index >= 15 is 0 Å². The van der Waals surface area contributed by atoms with Gasteiger partial charge in [0.1, 0.15) is 17.9 Å². The van der Waals surface area contributed by atoms with Crippen molar-refractivity contribution in [1.29, 1.82) is 0 Å². The van der Waals surface area contributed by atoms with Crippen LogP contribution in [0.3, 0.4) is 0 Å². The number of ether oxygens (including phenoxy) is 2. The number of fused-ring (bicyclic) bond motifs is 1. The number of benzene rings is 2. The van der Waals surface area contributed by atoms with Gasteiger partial charge in [0.05, 0.1) is 7.11 Å². The molecule has 0 saturated heterocycles. The van der Waals surface area contributed by atoms with Crippen LogP contribution in [0.1, 0.15) is 11.5 Å². The normalized spacial score (nSPS) is 11.0. The number of esters is 1. The maximum absolute atomic E-state index is 11.8. The SMILES string of the molecule is COc1ccccc1COC(=O)/C=C/c1nc2ccccc2o1. The summed E-state index contributed by atoms with van der Waals surface area (Å²) in [6, 6.07) is 14.8. The van der Waals surface area contributed by atoms with E-state index in [0.29, 0.717) is 17.2 Å². The average molecular weight is 309 g/mol. The Morgan fingerprint density at radius 2 is 1.96 bits per heavy atom. The van der Waals surface area contributed by atoms with E-state index in [4.69, 9.17) is 13.9 Å². The second-order valence-electron chi connectivity index (χ2n) is 4.77. The summed E-state index contributed by atoms with van der Waals surface area (Å²) < 4.78 is 15.9. The van der Waals surface area contributed by atoms with Gasteiger partial charge in [0.25, 0.3) is 0 Å². The number of para-hydroxylation sites is 3. The van der Waals surface area contributed by atoms with Crippen molar-refractivity contribution in [2.45, 2.75) is 6.61 Å². The monoisotopic (exact) mass is 309 g/mol. The third-order valence-corrected chi connectivity index (χ3v) is 3.23. The van der Waals surface area contributed by atoms with Gasteiger partial charge in [-0.3, -0.25) is 0 Å². The first-order valence-corrected chi connectivity index (χ1v) is 7.08. The Morgan fingerprint density at radius 1 is 1.17 bits per heavy atom. The summed E-state index contributed by atoms with van der Waals surface area (Å²) in [5.41, 5.74) is 2.22. The third kappa shape index (κ3) is 3.58. The van der Waals surface area contributed by atoms with Crippen LogP contribution in [0.5, 0.6) is 5.75 Å². The first kappa shape index (κ1) is 14.8. The van der Waals surface area contributed by atoms with Crippen LogP contribution in [0.25, 0.3) is 17.2 Å². The second-order valence-corrected chi connectivity index (χ2v) is 4.77. The summed E-state index contributed by atoms with van der Waals surface area (Å²) >= 11 is 0. The van der Waals surface area contributed by atoms with Gasteiger partial charge in [-0.2, -0.15) is 0 Å². The molecule has 116 valence electrons. The summed E-state index contributed by atoms with van der Waals surface area (Å²) in [7, 11) is 1.58. The van der Waals surface area contributed by atoms with Crippen LogP contribution in [0, 0.1) is 0 Å². The Morgan fingerprint density at radius 3 is 2.78 bits per heavy atom.